The van der Waals surface area contributed by atoms with Crippen molar-refractivity contribution in [2.24, 2.45) is 0 Å². The zero-order valence-corrected chi connectivity index (χ0v) is 24.6. The van der Waals surface area contributed by atoms with Crippen molar-refractivity contribution < 1.29 is 28.7 Å². The lowest BCUT2D eigenvalue weighted by Gasteiger charge is -2.28. The van der Waals surface area contributed by atoms with E-state index in [0.717, 1.165) is 23.3 Å². The highest BCUT2D eigenvalue weighted by molar-refractivity contribution is 7.09. The van der Waals surface area contributed by atoms with Gasteiger partial charge in [0.05, 0.1) is 31.8 Å². The first-order valence-electron chi connectivity index (χ1n) is 13.7. The highest BCUT2D eigenvalue weighted by atomic mass is 32.1. The number of amides is 2. The molecule has 222 valence electrons. The Morgan fingerprint density at radius 3 is 2.52 bits per heavy atom. The molecule has 2 aromatic carbocycles. The molecule has 2 amide bonds. The first-order valence-corrected chi connectivity index (χ1v) is 14.6. The van der Waals surface area contributed by atoms with Crippen molar-refractivity contribution in [2.45, 2.75) is 31.9 Å². The maximum atomic E-state index is 13.7. The standard InChI is InChI=1S/C31H35N3O7S/c1-39-28-13-9-24(19-29(28)40-2)15-16-32(21-27-6-4-18-42-27)31(36)22-33(20-26-5-3-17-41-26)30(35)14-10-23-7-11-25(12-8-23)34(37)38/h4,6-14,18-19,26H,3,5,15-17,20-22H2,1-2H3. The summed E-state index contributed by atoms with van der Waals surface area (Å²) in [6.07, 6.45) is 5.19. The molecule has 0 saturated carbocycles. The Morgan fingerprint density at radius 1 is 1.10 bits per heavy atom. The van der Waals surface area contributed by atoms with Crippen LogP contribution in [-0.2, 0) is 27.3 Å². The minimum atomic E-state index is -0.472. The second-order valence-electron chi connectivity index (χ2n) is 9.87. The van der Waals surface area contributed by atoms with E-state index in [1.165, 1.54) is 23.1 Å². The SMILES string of the molecule is COc1ccc(CCN(Cc2cccs2)C(=O)CN(CC2CCCO2)C(=O)C=Cc2ccc([N+](=O)[O-])cc2)cc1OC. The molecule has 0 bridgehead atoms. The number of nitro benzene ring substituents is 1. The number of rotatable bonds is 14. The predicted molar refractivity (Wildman–Crippen MR) is 161 cm³/mol. The number of hydrogen-bond donors (Lipinski definition) is 0. The summed E-state index contributed by atoms with van der Waals surface area (Å²) in [7, 11) is 3.17. The highest BCUT2D eigenvalue weighted by Crippen LogP contribution is 2.28. The van der Waals surface area contributed by atoms with Crippen LogP contribution in [0.3, 0.4) is 0 Å². The van der Waals surface area contributed by atoms with Gasteiger partial charge in [0, 0.05) is 42.8 Å². The van der Waals surface area contributed by atoms with Gasteiger partial charge in [-0.2, -0.15) is 0 Å². The van der Waals surface area contributed by atoms with E-state index in [-0.39, 0.29) is 30.2 Å². The fourth-order valence-electron chi connectivity index (χ4n) is 4.69. The third-order valence-electron chi connectivity index (χ3n) is 7.01. The average molecular weight is 594 g/mol. The molecule has 0 aliphatic carbocycles. The fourth-order valence-corrected chi connectivity index (χ4v) is 5.41. The third kappa shape index (κ3) is 8.64. The Labute approximate surface area is 249 Å². The monoisotopic (exact) mass is 593 g/mol. The number of benzene rings is 2. The normalized spacial score (nSPS) is 14.6. The van der Waals surface area contributed by atoms with Gasteiger partial charge in [0.15, 0.2) is 11.5 Å². The molecular weight excluding hydrogens is 558 g/mol. The molecule has 2 heterocycles. The van der Waals surface area contributed by atoms with E-state index < -0.39 is 4.92 Å². The van der Waals surface area contributed by atoms with E-state index in [1.54, 1.807) is 48.7 Å². The molecule has 3 aromatic rings. The molecular formula is C31H35N3O7S. The van der Waals surface area contributed by atoms with Crippen LogP contribution in [0.15, 0.2) is 66.1 Å². The molecule has 4 rings (SSSR count). The van der Waals surface area contributed by atoms with E-state index in [4.69, 9.17) is 14.2 Å². The largest absolute Gasteiger partial charge is 0.493 e. The Balaban J connectivity index is 1.49. The van der Waals surface area contributed by atoms with E-state index in [1.807, 2.05) is 35.7 Å². The molecule has 1 aliphatic rings. The number of non-ortho nitro benzene ring substituents is 1. The van der Waals surface area contributed by atoms with Gasteiger partial charge in [0.2, 0.25) is 11.8 Å². The number of carbonyl (C=O) groups excluding carboxylic acids is 2. The zero-order chi connectivity index (χ0) is 29.9. The highest BCUT2D eigenvalue weighted by Gasteiger charge is 2.26. The lowest BCUT2D eigenvalue weighted by atomic mass is 10.1. The van der Waals surface area contributed by atoms with Crippen LogP contribution in [0.5, 0.6) is 11.5 Å². The van der Waals surface area contributed by atoms with Crippen LogP contribution in [0.25, 0.3) is 6.08 Å². The summed E-state index contributed by atoms with van der Waals surface area (Å²) in [5.74, 6) is 0.768. The molecule has 1 fully saturated rings. The summed E-state index contributed by atoms with van der Waals surface area (Å²) in [4.78, 5) is 41.9. The number of thiophene rings is 1. The van der Waals surface area contributed by atoms with Crippen LogP contribution in [0.1, 0.15) is 28.8 Å². The molecule has 10 nitrogen and oxygen atoms in total. The van der Waals surface area contributed by atoms with Crippen molar-refractivity contribution in [2.75, 3.05) is 40.5 Å². The summed E-state index contributed by atoms with van der Waals surface area (Å²) >= 11 is 1.58. The first kappa shape index (κ1) is 30.7. The maximum absolute atomic E-state index is 13.7. The summed E-state index contributed by atoms with van der Waals surface area (Å²) < 4.78 is 16.6. The van der Waals surface area contributed by atoms with Gasteiger partial charge < -0.3 is 24.0 Å². The number of nitro groups is 1. The van der Waals surface area contributed by atoms with E-state index in [9.17, 15) is 19.7 Å². The van der Waals surface area contributed by atoms with Gasteiger partial charge in [-0.15, -0.1) is 11.3 Å². The molecule has 1 aromatic heterocycles. The summed E-state index contributed by atoms with van der Waals surface area (Å²) in [6.45, 7) is 1.73. The number of carbonyl (C=O) groups is 2. The lowest BCUT2D eigenvalue weighted by molar-refractivity contribution is -0.384. The van der Waals surface area contributed by atoms with Gasteiger partial charge in [-0.05, 0) is 72.2 Å². The molecule has 0 N–H and O–H groups in total. The van der Waals surface area contributed by atoms with Crippen LogP contribution in [0.4, 0.5) is 5.69 Å². The van der Waals surface area contributed by atoms with Crippen molar-refractivity contribution >= 4 is 34.9 Å². The topological polar surface area (TPSA) is 111 Å². The van der Waals surface area contributed by atoms with Crippen LogP contribution in [-0.4, -0.2) is 73.1 Å². The van der Waals surface area contributed by atoms with E-state index in [2.05, 4.69) is 0 Å². The quantitative estimate of drug-likeness (QED) is 0.147. The van der Waals surface area contributed by atoms with Gasteiger partial charge in [0.25, 0.3) is 5.69 Å². The van der Waals surface area contributed by atoms with Crippen molar-refractivity contribution in [1.29, 1.82) is 0 Å². The minimum Gasteiger partial charge on any atom is -0.493 e. The molecule has 11 heteroatoms. The van der Waals surface area contributed by atoms with Crippen LogP contribution in [0, 0.1) is 10.1 Å². The van der Waals surface area contributed by atoms with Gasteiger partial charge in [-0.3, -0.25) is 19.7 Å². The summed E-state index contributed by atoms with van der Waals surface area (Å²) in [5, 5.41) is 12.9. The first-order chi connectivity index (χ1) is 20.4. The average Bonchev–Trinajstić information content (AvgIpc) is 3.72. The molecule has 1 saturated heterocycles. The summed E-state index contributed by atoms with van der Waals surface area (Å²) in [6, 6.07) is 15.6. The Hall–Kier alpha value is -4.22. The number of hydrogen-bond acceptors (Lipinski definition) is 8. The Morgan fingerprint density at radius 2 is 1.88 bits per heavy atom. The summed E-state index contributed by atoms with van der Waals surface area (Å²) in [5.41, 5.74) is 1.62. The third-order valence-corrected chi connectivity index (χ3v) is 7.87. The lowest BCUT2D eigenvalue weighted by Crippen LogP contribution is -2.45. The second-order valence-corrected chi connectivity index (χ2v) is 10.9. The van der Waals surface area contributed by atoms with Crippen molar-refractivity contribution in [1.82, 2.24) is 9.80 Å². The second kappa shape index (κ2) is 15.1. The molecule has 0 radical (unpaired) electrons. The van der Waals surface area contributed by atoms with Gasteiger partial charge >= 0.3 is 0 Å². The zero-order valence-electron chi connectivity index (χ0n) is 23.8. The maximum Gasteiger partial charge on any atom is 0.269 e. The smallest absolute Gasteiger partial charge is 0.269 e. The number of ether oxygens (including phenoxy) is 3. The van der Waals surface area contributed by atoms with E-state index >= 15 is 0 Å². The van der Waals surface area contributed by atoms with Crippen molar-refractivity contribution in [3.63, 3.8) is 0 Å². The molecule has 42 heavy (non-hydrogen) atoms. The van der Waals surface area contributed by atoms with Gasteiger partial charge in [-0.1, -0.05) is 12.1 Å². The van der Waals surface area contributed by atoms with Crippen LogP contribution in [0.2, 0.25) is 0 Å². The predicted octanol–water partition coefficient (Wildman–Crippen LogP) is 4.97. The Kier molecular flexibility index (Phi) is 11.1. The minimum absolute atomic E-state index is 0.0250. The molecule has 1 unspecified atom stereocenters. The Bertz CT molecular complexity index is 1370. The van der Waals surface area contributed by atoms with Gasteiger partial charge in [0.1, 0.15) is 6.54 Å². The van der Waals surface area contributed by atoms with Crippen LogP contribution < -0.4 is 9.47 Å². The molecule has 0 spiro atoms. The fraction of sp³-hybridized carbons (Fsp3) is 0.355. The van der Waals surface area contributed by atoms with Crippen molar-refractivity contribution in [3.8, 4) is 11.5 Å². The molecule has 1 atom stereocenters. The number of methoxy groups -OCH3 is 2. The van der Waals surface area contributed by atoms with E-state index in [0.29, 0.717) is 49.7 Å². The van der Waals surface area contributed by atoms with Crippen molar-refractivity contribution in [3.05, 3.63) is 92.2 Å². The number of nitrogens with zero attached hydrogens (tertiary/aromatic N) is 3. The van der Waals surface area contributed by atoms with Gasteiger partial charge in [-0.25, -0.2) is 0 Å². The van der Waals surface area contributed by atoms with Crippen LogP contribution >= 0.6 is 11.3 Å². The molecule has 1 aliphatic heterocycles.